The summed E-state index contributed by atoms with van der Waals surface area (Å²) < 4.78 is 6.96. The summed E-state index contributed by atoms with van der Waals surface area (Å²) in [6, 6.07) is 14.2. The van der Waals surface area contributed by atoms with Crippen LogP contribution in [0.5, 0.6) is 5.75 Å². The Bertz CT molecular complexity index is 1120. The summed E-state index contributed by atoms with van der Waals surface area (Å²) in [7, 11) is 0. The molecular formula is C25H28N2O3S. The number of hydrogen-bond donors (Lipinski definition) is 1. The number of nitrogens with zero attached hydrogens (tertiary/aromatic N) is 1. The molecule has 1 saturated heterocycles. The highest BCUT2D eigenvalue weighted by atomic mass is 32.1. The van der Waals surface area contributed by atoms with Gasteiger partial charge in [0.2, 0.25) is 5.91 Å². The summed E-state index contributed by atoms with van der Waals surface area (Å²) in [5.41, 5.74) is 3.37. The number of aryl methyl sites for hydroxylation is 2. The van der Waals surface area contributed by atoms with Crippen LogP contribution in [0.25, 0.3) is 10.1 Å². The minimum Gasteiger partial charge on any atom is -0.491 e. The molecular weight excluding hydrogens is 408 g/mol. The fraction of sp³-hybridized carbons (Fsp3) is 0.360. The van der Waals surface area contributed by atoms with E-state index in [1.165, 1.54) is 16.9 Å². The van der Waals surface area contributed by atoms with Crippen molar-refractivity contribution in [1.82, 2.24) is 10.2 Å². The Morgan fingerprint density at radius 1 is 1.19 bits per heavy atom. The van der Waals surface area contributed by atoms with Gasteiger partial charge in [-0.05, 0) is 48.9 Å². The molecule has 0 unspecified atom stereocenters. The van der Waals surface area contributed by atoms with Crippen molar-refractivity contribution in [3.05, 3.63) is 64.0 Å². The normalized spacial score (nSPS) is 16.0. The summed E-state index contributed by atoms with van der Waals surface area (Å²) in [6.45, 7) is 7.95. The number of carbonyl (C=O) groups is 2. The largest absolute Gasteiger partial charge is 0.491 e. The first-order valence-corrected chi connectivity index (χ1v) is 11.5. The van der Waals surface area contributed by atoms with Crippen molar-refractivity contribution in [3.63, 3.8) is 0 Å². The summed E-state index contributed by atoms with van der Waals surface area (Å²) in [5.74, 6) is 1.06. The number of hydrogen-bond acceptors (Lipinski definition) is 4. The van der Waals surface area contributed by atoms with Crippen molar-refractivity contribution in [1.29, 1.82) is 0 Å². The fourth-order valence-corrected chi connectivity index (χ4v) is 5.49. The first-order valence-electron chi connectivity index (χ1n) is 10.7. The molecule has 162 valence electrons. The first kappa shape index (κ1) is 21.4. The molecule has 2 heterocycles. The summed E-state index contributed by atoms with van der Waals surface area (Å²) in [6.07, 6.45) is 0.885. The lowest BCUT2D eigenvalue weighted by Gasteiger charge is -2.15. The van der Waals surface area contributed by atoms with Crippen LogP contribution in [0.4, 0.5) is 0 Å². The smallest absolute Gasteiger partial charge is 0.261 e. The average molecular weight is 437 g/mol. The van der Waals surface area contributed by atoms with E-state index in [4.69, 9.17) is 4.74 Å². The van der Waals surface area contributed by atoms with E-state index >= 15 is 0 Å². The third kappa shape index (κ3) is 4.59. The number of nitrogens with one attached hydrogen (secondary N) is 1. The minimum atomic E-state index is -0.0679. The van der Waals surface area contributed by atoms with Gasteiger partial charge >= 0.3 is 0 Å². The maximum Gasteiger partial charge on any atom is 0.261 e. The molecule has 0 aliphatic carbocycles. The van der Waals surface area contributed by atoms with Gasteiger partial charge in [-0.2, -0.15) is 0 Å². The van der Waals surface area contributed by atoms with Gasteiger partial charge < -0.3 is 15.0 Å². The Balaban J connectivity index is 1.47. The summed E-state index contributed by atoms with van der Waals surface area (Å²) >= 11 is 1.53. The average Bonchev–Trinajstić information content (AvgIpc) is 3.37. The molecule has 2 amide bonds. The zero-order chi connectivity index (χ0) is 22.0. The number of carbonyl (C=O) groups excluding carboxylic acids is 2. The fourth-order valence-electron chi connectivity index (χ4n) is 4.29. The first-order chi connectivity index (χ1) is 14.9. The van der Waals surface area contributed by atoms with Gasteiger partial charge in [-0.1, -0.05) is 35.9 Å². The van der Waals surface area contributed by atoms with E-state index < -0.39 is 0 Å². The molecule has 31 heavy (non-hydrogen) atoms. The molecule has 0 saturated carbocycles. The van der Waals surface area contributed by atoms with Gasteiger partial charge in [-0.25, -0.2) is 0 Å². The van der Waals surface area contributed by atoms with Crippen molar-refractivity contribution in [2.45, 2.75) is 33.1 Å². The summed E-state index contributed by atoms with van der Waals surface area (Å²) in [4.78, 5) is 27.5. The molecule has 4 rings (SSSR count). The lowest BCUT2D eigenvalue weighted by atomic mass is 9.95. The molecule has 2 aromatic carbocycles. The highest BCUT2D eigenvalue weighted by molar-refractivity contribution is 7.21. The highest BCUT2D eigenvalue weighted by Gasteiger charge is 2.31. The number of amides is 2. The third-order valence-corrected chi connectivity index (χ3v) is 7.04. The topological polar surface area (TPSA) is 58.6 Å². The zero-order valence-electron chi connectivity index (χ0n) is 18.2. The molecule has 1 aliphatic heterocycles. The van der Waals surface area contributed by atoms with Gasteiger partial charge in [0, 0.05) is 30.6 Å². The summed E-state index contributed by atoms with van der Waals surface area (Å²) in [5, 5.41) is 4.15. The van der Waals surface area contributed by atoms with E-state index in [-0.39, 0.29) is 17.7 Å². The third-order valence-electron chi connectivity index (χ3n) is 5.86. The van der Waals surface area contributed by atoms with Crippen LogP contribution in [-0.4, -0.2) is 43.0 Å². The Labute approximate surface area is 187 Å². The maximum absolute atomic E-state index is 13.1. The monoisotopic (exact) mass is 436 g/mol. The Kier molecular flexibility index (Phi) is 6.28. The van der Waals surface area contributed by atoms with Gasteiger partial charge in [0.25, 0.3) is 5.91 Å². The molecule has 0 bridgehead atoms. The van der Waals surface area contributed by atoms with E-state index in [0.29, 0.717) is 19.7 Å². The second kappa shape index (κ2) is 9.10. The van der Waals surface area contributed by atoms with Crippen LogP contribution in [0.15, 0.2) is 42.5 Å². The van der Waals surface area contributed by atoms with Crippen LogP contribution in [0.3, 0.4) is 0 Å². The predicted molar refractivity (Wildman–Crippen MR) is 125 cm³/mol. The second-order valence-corrected chi connectivity index (χ2v) is 9.22. The number of thiophene rings is 1. The molecule has 1 aromatic heterocycles. The predicted octanol–water partition coefficient (Wildman–Crippen LogP) is 4.66. The lowest BCUT2D eigenvalue weighted by Crippen LogP contribution is -2.29. The van der Waals surface area contributed by atoms with E-state index in [1.807, 2.05) is 36.1 Å². The molecule has 3 aromatic rings. The van der Waals surface area contributed by atoms with Crippen molar-refractivity contribution in [3.8, 4) is 5.75 Å². The molecule has 1 atom stereocenters. The van der Waals surface area contributed by atoms with Crippen molar-refractivity contribution < 1.29 is 14.3 Å². The molecule has 1 fully saturated rings. The van der Waals surface area contributed by atoms with Crippen LogP contribution in [0, 0.1) is 13.8 Å². The van der Waals surface area contributed by atoms with Gasteiger partial charge in [0.1, 0.15) is 12.4 Å². The number of ether oxygens (including phenoxy) is 1. The van der Waals surface area contributed by atoms with Crippen LogP contribution in [0.1, 0.15) is 45.6 Å². The highest BCUT2D eigenvalue weighted by Crippen LogP contribution is 2.40. The van der Waals surface area contributed by atoms with Crippen molar-refractivity contribution in [2.75, 3.05) is 26.2 Å². The Morgan fingerprint density at radius 2 is 2.00 bits per heavy atom. The second-order valence-electron chi connectivity index (χ2n) is 8.16. The zero-order valence-corrected chi connectivity index (χ0v) is 19.1. The number of fused-ring (bicyclic) bond motifs is 1. The molecule has 0 radical (unpaired) electrons. The maximum atomic E-state index is 13.1. The van der Waals surface area contributed by atoms with Gasteiger partial charge in [-0.3, -0.25) is 9.59 Å². The van der Waals surface area contributed by atoms with Crippen LogP contribution >= 0.6 is 11.3 Å². The molecule has 5 nitrogen and oxygen atoms in total. The van der Waals surface area contributed by atoms with Crippen LogP contribution in [0.2, 0.25) is 0 Å². The number of likely N-dealkylation sites (tertiary alicyclic amines) is 1. The van der Waals surface area contributed by atoms with E-state index in [2.05, 4.69) is 30.4 Å². The van der Waals surface area contributed by atoms with E-state index in [1.54, 1.807) is 6.92 Å². The molecule has 1 aliphatic rings. The van der Waals surface area contributed by atoms with Gasteiger partial charge in [-0.15, -0.1) is 11.3 Å². The minimum absolute atomic E-state index is 0.0679. The Morgan fingerprint density at radius 3 is 2.74 bits per heavy atom. The van der Waals surface area contributed by atoms with Gasteiger partial charge in [0.05, 0.1) is 11.4 Å². The van der Waals surface area contributed by atoms with Gasteiger partial charge in [0.15, 0.2) is 0 Å². The van der Waals surface area contributed by atoms with E-state index in [0.717, 1.165) is 44.8 Å². The standard InChI is InChI=1S/C25H28N2O3S/c1-16-8-9-21(17(2)14-16)30-13-11-26-25(29)24-23(19-10-12-27(15-19)18(3)28)20-6-4-5-7-22(20)31-24/h4-9,14,19H,10-13,15H2,1-3H3,(H,26,29)/t19-/m1/s1. The number of benzene rings is 2. The van der Waals surface area contributed by atoms with Crippen LogP contribution < -0.4 is 10.1 Å². The van der Waals surface area contributed by atoms with Crippen molar-refractivity contribution in [2.24, 2.45) is 0 Å². The quantitative estimate of drug-likeness (QED) is 0.572. The van der Waals surface area contributed by atoms with E-state index in [9.17, 15) is 9.59 Å². The molecule has 0 spiro atoms. The number of rotatable bonds is 6. The molecule has 6 heteroatoms. The SMILES string of the molecule is CC(=O)N1CC[C@@H](c2c(C(=O)NCCOc3ccc(C)cc3C)sc3ccccc23)C1. The lowest BCUT2D eigenvalue weighted by molar-refractivity contribution is -0.127. The Hall–Kier alpha value is -2.86. The molecule has 1 N–H and O–H groups in total. The van der Waals surface area contributed by atoms with Crippen molar-refractivity contribution >= 4 is 33.2 Å². The van der Waals surface area contributed by atoms with Crippen LogP contribution in [-0.2, 0) is 4.79 Å².